The molecule has 0 aliphatic rings. The molecule has 1 heterocycles. The summed E-state index contributed by atoms with van der Waals surface area (Å²) in [5.74, 6) is -0.750. The van der Waals surface area contributed by atoms with Crippen molar-refractivity contribution in [3.63, 3.8) is 0 Å². The Morgan fingerprint density at radius 2 is 2.06 bits per heavy atom. The Morgan fingerprint density at radius 3 is 2.44 bits per heavy atom. The number of aliphatic carboxylic acids is 1. The number of halogens is 3. The number of carbonyl (C=O) groups is 1. The molecule has 0 saturated heterocycles. The highest BCUT2D eigenvalue weighted by atomic mass is 19.4. The van der Waals surface area contributed by atoms with Crippen LogP contribution in [0.5, 0.6) is 0 Å². The molecule has 0 aliphatic heterocycles. The van der Waals surface area contributed by atoms with Crippen molar-refractivity contribution < 1.29 is 23.1 Å². The molecule has 1 rings (SSSR count). The smallest absolute Gasteiger partial charge is 0.435 e. The minimum Gasteiger partial charge on any atom is -0.481 e. The number of rotatable bonds is 5. The second-order valence-electron chi connectivity index (χ2n) is 3.50. The standard InChI is InChI=1S/C10H12F3N3O2/c1-2-16(6-5-9(17)18)8-4-3-7(14-15-8)10(11,12)13/h3-4H,2,5-6H2,1H3,(H,17,18). The number of aromatic nitrogens is 2. The van der Waals surface area contributed by atoms with E-state index in [0.717, 1.165) is 6.07 Å². The second-order valence-corrected chi connectivity index (χ2v) is 3.50. The highest BCUT2D eigenvalue weighted by molar-refractivity contribution is 5.67. The topological polar surface area (TPSA) is 66.3 Å². The fourth-order valence-electron chi connectivity index (χ4n) is 1.31. The number of hydrogen-bond acceptors (Lipinski definition) is 4. The summed E-state index contributed by atoms with van der Waals surface area (Å²) in [7, 11) is 0. The molecule has 1 N–H and O–H groups in total. The fraction of sp³-hybridized carbons (Fsp3) is 0.500. The van der Waals surface area contributed by atoms with Crippen molar-refractivity contribution in [2.75, 3.05) is 18.0 Å². The molecule has 0 bridgehead atoms. The minimum atomic E-state index is -4.52. The summed E-state index contributed by atoms with van der Waals surface area (Å²) in [6.45, 7) is 2.36. The third kappa shape index (κ3) is 3.86. The van der Waals surface area contributed by atoms with Crippen molar-refractivity contribution in [2.45, 2.75) is 19.5 Å². The van der Waals surface area contributed by atoms with Crippen LogP contribution in [0.3, 0.4) is 0 Å². The van der Waals surface area contributed by atoms with Gasteiger partial charge in [-0.2, -0.15) is 13.2 Å². The van der Waals surface area contributed by atoms with E-state index in [-0.39, 0.29) is 18.8 Å². The average Bonchev–Trinajstić information content (AvgIpc) is 2.29. The maximum absolute atomic E-state index is 12.3. The number of anilines is 1. The van der Waals surface area contributed by atoms with Gasteiger partial charge in [-0.15, -0.1) is 10.2 Å². The Morgan fingerprint density at radius 1 is 1.39 bits per heavy atom. The summed E-state index contributed by atoms with van der Waals surface area (Å²) in [6.07, 6.45) is -4.64. The van der Waals surface area contributed by atoms with Crippen LogP contribution in [0.2, 0.25) is 0 Å². The average molecular weight is 263 g/mol. The van der Waals surface area contributed by atoms with Crippen LogP contribution in [0.15, 0.2) is 12.1 Å². The van der Waals surface area contributed by atoms with Gasteiger partial charge in [-0.3, -0.25) is 4.79 Å². The van der Waals surface area contributed by atoms with E-state index >= 15 is 0 Å². The second kappa shape index (κ2) is 5.65. The molecular formula is C10H12F3N3O2. The molecule has 0 amide bonds. The van der Waals surface area contributed by atoms with E-state index in [9.17, 15) is 18.0 Å². The summed E-state index contributed by atoms with van der Waals surface area (Å²) in [5.41, 5.74) is -1.07. The fourth-order valence-corrected chi connectivity index (χ4v) is 1.31. The Hall–Kier alpha value is -1.86. The first-order valence-electron chi connectivity index (χ1n) is 5.22. The van der Waals surface area contributed by atoms with Gasteiger partial charge < -0.3 is 10.0 Å². The zero-order valence-electron chi connectivity index (χ0n) is 9.61. The van der Waals surface area contributed by atoms with Crippen molar-refractivity contribution in [1.82, 2.24) is 10.2 Å². The highest BCUT2D eigenvalue weighted by Gasteiger charge is 2.33. The number of hydrogen-bond donors (Lipinski definition) is 1. The Balaban J connectivity index is 2.79. The highest BCUT2D eigenvalue weighted by Crippen LogP contribution is 2.27. The summed E-state index contributed by atoms with van der Waals surface area (Å²) < 4.78 is 36.8. The predicted molar refractivity (Wildman–Crippen MR) is 57.2 cm³/mol. The van der Waals surface area contributed by atoms with Crippen LogP contribution in [0.25, 0.3) is 0 Å². The molecule has 0 aliphatic carbocycles. The molecule has 0 atom stereocenters. The number of alkyl halides is 3. The lowest BCUT2D eigenvalue weighted by molar-refractivity contribution is -0.141. The lowest BCUT2D eigenvalue weighted by atomic mass is 10.3. The van der Waals surface area contributed by atoms with Gasteiger partial charge in [-0.25, -0.2) is 0 Å². The molecule has 100 valence electrons. The molecule has 0 spiro atoms. The third-order valence-electron chi connectivity index (χ3n) is 2.24. The van der Waals surface area contributed by atoms with E-state index in [4.69, 9.17) is 5.11 Å². The molecule has 5 nitrogen and oxygen atoms in total. The first kappa shape index (κ1) is 14.2. The quantitative estimate of drug-likeness (QED) is 0.877. The van der Waals surface area contributed by atoms with Gasteiger partial charge in [0, 0.05) is 13.1 Å². The van der Waals surface area contributed by atoms with Gasteiger partial charge in [-0.1, -0.05) is 0 Å². The van der Waals surface area contributed by atoms with Crippen LogP contribution in [0, 0.1) is 0 Å². The van der Waals surface area contributed by atoms with E-state index in [1.807, 2.05) is 0 Å². The van der Waals surface area contributed by atoms with Crippen molar-refractivity contribution >= 4 is 11.8 Å². The SMILES string of the molecule is CCN(CCC(=O)O)c1ccc(C(F)(F)F)nn1. The van der Waals surface area contributed by atoms with Crippen LogP contribution < -0.4 is 4.90 Å². The molecular weight excluding hydrogens is 251 g/mol. The van der Waals surface area contributed by atoms with Gasteiger partial charge in [0.15, 0.2) is 11.5 Å². The third-order valence-corrected chi connectivity index (χ3v) is 2.24. The van der Waals surface area contributed by atoms with Crippen molar-refractivity contribution in [3.05, 3.63) is 17.8 Å². The number of carboxylic acid groups (broad SMARTS) is 1. The van der Waals surface area contributed by atoms with E-state index in [0.29, 0.717) is 6.54 Å². The van der Waals surface area contributed by atoms with Gasteiger partial charge in [0.2, 0.25) is 0 Å². The minimum absolute atomic E-state index is 0.115. The van der Waals surface area contributed by atoms with Gasteiger partial charge in [-0.05, 0) is 19.1 Å². The van der Waals surface area contributed by atoms with Crippen LogP contribution in [-0.2, 0) is 11.0 Å². The maximum atomic E-state index is 12.3. The van der Waals surface area contributed by atoms with Gasteiger partial charge in [0.25, 0.3) is 0 Å². The van der Waals surface area contributed by atoms with Gasteiger partial charge in [0.05, 0.1) is 6.42 Å². The van der Waals surface area contributed by atoms with Crippen LogP contribution >= 0.6 is 0 Å². The lowest BCUT2D eigenvalue weighted by Crippen LogP contribution is -2.27. The zero-order valence-corrected chi connectivity index (χ0v) is 9.61. The van der Waals surface area contributed by atoms with Crippen LogP contribution in [0.4, 0.5) is 19.0 Å². The first-order valence-corrected chi connectivity index (χ1v) is 5.22. The molecule has 1 aromatic rings. The zero-order chi connectivity index (χ0) is 13.8. The summed E-state index contributed by atoms with van der Waals surface area (Å²) in [6, 6.07) is 2.01. The number of nitrogens with zero attached hydrogens (tertiary/aromatic N) is 3. The molecule has 0 saturated carbocycles. The lowest BCUT2D eigenvalue weighted by Gasteiger charge is -2.20. The molecule has 0 unspecified atom stereocenters. The van der Waals surface area contributed by atoms with E-state index in [1.54, 1.807) is 11.8 Å². The van der Waals surface area contributed by atoms with Gasteiger partial charge >= 0.3 is 12.1 Å². The summed E-state index contributed by atoms with van der Waals surface area (Å²) >= 11 is 0. The molecule has 1 aromatic heterocycles. The monoisotopic (exact) mass is 263 g/mol. The molecule has 18 heavy (non-hydrogen) atoms. The normalized spacial score (nSPS) is 11.3. The largest absolute Gasteiger partial charge is 0.481 e. The Labute approximate surface area is 101 Å². The van der Waals surface area contributed by atoms with E-state index < -0.39 is 17.8 Å². The molecule has 0 radical (unpaired) electrons. The van der Waals surface area contributed by atoms with Crippen molar-refractivity contribution in [3.8, 4) is 0 Å². The molecule has 0 fully saturated rings. The van der Waals surface area contributed by atoms with Crippen LogP contribution in [-0.4, -0.2) is 34.4 Å². The number of carboxylic acids is 1. The first-order chi connectivity index (χ1) is 8.34. The Bertz CT molecular complexity index is 406. The van der Waals surface area contributed by atoms with Gasteiger partial charge in [0.1, 0.15) is 0 Å². The van der Waals surface area contributed by atoms with Crippen LogP contribution in [0.1, 0.15) is 19.0 Å². The summed E-state index contributed by atoms with van der Waals surface area (Å²) in [5, 5.41) is 15.1. The van der Waals surface area contributed by atoms with E-state index in [1.165, 1.54) is 6.07 Å². The molecule has 0 aromatic carbocycles. The van der Waals surface area contributed by atoms with Crippen molar-refractivity contribution in [2.24, 2.45) is 0 Å². The molecule has 8 heteroatoms. The summed E-state index contributed by atoms with van der Waals surface area (Å²) in [4.78, 5) is 12.0. The predicted octanol–water partition coefficient (Wildman–Crippen LogP) is 1.80. The maximum Gasteiger partial charge on any atom is 0.435 e. The van der Waals surface area contributed by atoms with E-state index in [2.05, 4.69) is 10.2 Å². The Kier molecular flexibility index (Phi) is 4.46. The van der Waals surface area contributed by atoms with Crippen molar-refractivity contribution in [1.29, 1.82) is 0 Å².